The van der Waals surface area contributed by atoms with E-state index in [1.54, 1.807) is 25.3 Å². The summed E-state index contributed by atoms with van der Waals surface area (Å²) in [5, 5.41) is 3.67. The molecule has 0 aromatic carbocycles. The molecule has 1 amide bonds. The van der Waals surface area contributed by atoms with E-state index in [1.807, 2.05) is 0 Å². The van der Waals surface area contributed by atoms with Crippen molar-refractivity contribution in [2.45, 2.75) is 13.0 Å². The maximum Gasteiger partial charge on any atom is 0.272 e. The molecule has 0 saturated carbocycles. The highest BCUT2D eigenvalue weighted by atomic mass is 16.2. The van der Waals surface area contributed by atoms with E-state index in [1.165, 1.54) is 12.4 Å². The third kappa shape index (κ3) is 3.32. The van der Waals surface area contributed by atoms with Crippen LogP contribution in [-0.2, 0) is 0 Å². The molecule has 1 rings (SSSR count). The first-order valence-electron chi connectivity index (χ1n) is 4.19. The smallest absolute Gasteiger partial charge is 0.272 e. The summed E-state index contributed by atoms with van der Waals surface area (Å²) in [6.45, 7) is 1.76. The Labute approximate surface area is 82.0 Å². The van der Waals surface area contributed by atoms with Crippen molar-refractivity contribution in [3.05, 3.63) is 30.1 Å². The van der Waals surface area contributed by atoms with Crippen molar-refractivity contribution in [1.82, 2.24) is 10.4 Å². The first-order valence-corrected chi connectivity index (χ1v) is 4.19. The molecule has 74 valence electrons. The van der Waals surface area contributed by atoms with Gasteiger partial charge in [0.05, 0.1) is 5.56 Å². The Morgan fingerprint density at radius 3 is 3.14 bits per heavy atom. The lowest BCUT2D eigenvalue weighted by molar-refractivity contribution is 0.0954. The van der Waals surface area contributed by atoms with Crippen molar-refractivity contribution in [3.63, 3.8) is 0 Å². The highest BCUT2D eigenvalue weighted by Gasteiger charge is 2.01. The summed E-state index contributed by atoms with van der Waals surface area (Å²) in [7, 11) is 0. The van der Waals surface area contributed by atoms with Crippen LogP contribution < -0.4 is 11.2 Å². The summed E-state index contributed by atoms with van der Waals surface area (Å²) < 4.78 is 0. The summed E-state index contributed by atoms with van der Waals surface area (Å²) in [5.74, 6) is -0.296. The number of nitrogens with two attached hydrogens (primary N) is 1. The Morgan fingerprint density at radius 1 is 1.79 bits per heavy atom. The van der Waals surface area contributed by atoms with Gasteiger partial charge in [0, 0.05) is 24.7 Å². The van der Waals surface area contributed by atoms with E-state index in [-0.39, 0.29) is 11.9 Å². The summed E-state index contributed by atoms with van der Waals surface area (Å²) in [6, 6.07) is 3.16. The summed E-state index contributed by atoms with van der Waals surface area (Å²) in [5.41, 5.74) is 8.21. The number of aromatic nitrogens is 1. The molecule has 0 bridgehead atoms. The van der Waals surface area contributed by atoms with Gasteiger partial charge in [0.2, 0.25) is 0 Å². The normalized spacial score (nSPS) is 12.7. The zero-order valence-corrected chi connectivity index (χ0v) is 7.84. The zero-order valence-electron chi connectivity index (χ0n) is 7.84. The molecule has 5 nitrogen and oxygen atoms in total. The molecule has 3 N–H and O–H groups in total. The van der Waals surface area contributed by atoms with E-state index in [0.717, 1.165) is 0 Å². The number of carbonyl (C=O) groups excluding carboxylic acids is 1. The number of hydrazone groups is 1. The van der Waals surface area contributed by atoms with Gasteiger partial charge in [-0.05, 0) is 19.1 Å². The monoisotopic (exact) mass is 192 g/mol. The zero-order chi connectivity index (χ0) is 10.4. The number of carbonyl (C=O) groups is 1. The Hall–Kier alpha value is -1.75. The van der Waals surface area contributed by atoms with Crippen LogP contribution in [0.3, 0.4) is 0 Å². The molecule has 0 radical (unpaired) electrons. The van der Waals surface area contributed by atoms with Crippen molar-refractivity contribution >= 4 is 12.1 Å². The van der Waals surface area contributed by atoms with Crippen LogP contribution in [0.5, 0.6) is 0 Å². The lowest BCUT2D eigenvalue weighted by Gasteiger charge is -1.98. The van der Waals surface area contributed by atoms with E-state index in [4.69, 9.17) is 5.73 Å². The molecule has 0 fully saturated rings. The lowest BCUT2D eigenvalue weighted by atomic mass is 10.3. The maximum absolute atomic E-state index is 11.3. The Morgan fingerprint density at radius 2 is 2.57 bits per heavy atom. The molecule has 0 spiro atoms. The average Bonchev–Trinajstić information content (AvgIpc) is 2.18. The Bertz CT molecular complexity index is 321. The van der Waals surface area contributed by atoms with Gasteiger partial charge in [-0.2, -0.15) is 5.10 Å². The Kier molecular flexibility index (Phi) is 3.75. The van der Waals surface area contributed by atoms with Gasteiger partial charge in [0.1, 0.15) is 0 Å². The molecule has 1 aromatic rings. The van der Waals surface area contributed by atoms with Gasteiger partial charge >= 0.3 is 0 Å². The van der Waals surface area contributed by atoms with Crippen LogP contribution in [0.2, 0.25) is 0 Å². The molecular formula is C9H12N4O. The number of amides is 1. The second-order valence-electron chi connectivity index (χ2n) is 2.82. The van der Waals surface area contributed by atoms with E-state index in [2.05, 4.69) is 15.5 Å². The SMILES string of the molecule is CC(N)C=NNC(=O)c1cccnc1. The fourth-order valence-electron chi connectivity index (χ4n) is 0.775. The number of hydrogen-bond donors (Lipinski definition) is 2. The van der Waals surface area contributed by atoms with Crippen LogP contribution >= 0.6 is 0 Å². The van der Waals surface area contributed by atoms with Gasteiger partial charge in [0.15, 0.2) is 0 Å². The van der Waals surface area contributed by atoms with Crippen molar-refractivity contribution in [3.8, 4) is 0 Å². The quantitative estimate of drug-likeness (QED) is 0.528. The number of nitrogens with zero attached hydrogens (tertiary/aromatic N) is 2. The molecule has 0 saturated heterocycles. The van der Waals surface area contributed by atoms with Crippen LogP contribution in [0, 0.1) is 0 Å². The van der Waals surface area contributed by atoms with E-state index in [9.17, 15) is 4.79 Å². The van der Waals surface area contributed by atoms with Crippen LogP contribution in [0.4, 0.5) is 0 Å². The van der Waals surface area contributed by atoms with Gasteiger partial charge in [-0.1, -0.05) is 0 Å². The molecule has 5 heteroatoms. The maximum atomic E-state index is 11.3. The van der Waals surface area contributed by atoms with Gasteiger partial charge in [0.25, 0.3) is 5.91 Å². The minimum atomic E-state index is -0.296. The molecule has 1 atom stereocenters. The minimum Gasteiger partial charge on any atom is -0.323 e. The fraction of sp³-hybridized carbons (Fsp3) is 0.222. The number of hydrogen-bond acceptors (Lipinski definition) is 4. The van der Waals surface area contributed by atoms with Crippen molar-refractivity contribution in [1.29, 1.82) is 0 Å². The predicted octanol–water partition coefficient (Wildman–Crippen LogP) is 0.144. The topological polar surface area (TPSA) is 80.4 Å². The first kappa shape index (κ1) is 10.3. The van der Waals surface area contributed by atoms with Crippen LogP contribution in [-0.4, -0.2) is 23.1 Å². The third-order valence-electron chi connectivity index (χ3n) is 1.40. The second kappa shape index (κ2) is 5.08. The molecule has 1 heterocycles. The molecule has 1 unspecified atom stereocenters. The molecule has 1 aromatic heterocycles. The predicted molar refractivity (Wildman–Crippen MR) is 53.8 cm³/mol. The number of pyridine rings is 1. The molecule has 0 aliphatic carbocycles. The second-order valence-corrected chi connectivity index (χ2v) is 2.82. The van der Waals surface area contributed by atoms with Crippen molar-refractivity contribution in [2.24, 2.45) is 10.8 Å². The molecule has 0 aliphatic heterocycles. The highest BCUT2D eigenvalue weighted by Crippen LogP contribution is 1.94. The van der Waals surface area contributed by atoms with Crippen LogP contribution in [0.15, 0.2) is 29.6 Å². The fourth-order valence-corrected chi connectivity index (χ4v) is 0.775. The summed E-state index contributed by atoms with van der Waals surface area (Å²) >= 11 is 0. The van der Waals surface area contributed by atoms with Gasteiger partial charge < -0.3 is 5.73 Å². The molecular weight excluding hydrogens is 180 g/mol. The Balaban J connectivity index is 2.52. The standard InChI is InChI=1S/C9H12N4O/c1-7(10)5-12-13-9(14)8-3-2-4-11-6-8/h2-7H,10H2,1H3,(H,13,14). The summed E-state index contributed by atoms with van der Waals surface area (Å²) in [6.07, 6.45) is 4.52. The lowest BCUT2D eigenvalue weighted by Crippen LogP contribution is -2.22. The number of nitrogens with one attached hydrogen (secondary N) is 1. The number of rotatable bonds is 3. The highest BCUT2D eigenvalue weighted by molar-refractivity contribution is 5.93. The first-order chi connectivity index (χ1) is 6.70. The van der Waals surface area contributed by atoms with Crippen molar-refractivity contribution < 1.29 is 4.79 Å². The van der Waals surface area contributed by atoms with Gasteiger partial charge in [-0.25, -0.2) is 5.43 Å². The minimum absolute atomic E-state index is 0.177. The largest absolute Gasteiger partial charge is 0.323 e. The van der Waals surface area contributed by atoms with Crippen molar-refractivity contribution in [2.75, 3.05) is 0 Å². The van der Waals surface area contributed by atoms with Crippen LogP contribution in [0.1, 0.15) is 17.3 Å². The van der Waals surface area contributed by atoms with E-state index in [0.29, 0.717) is 5.56 Å². The molecule has 14 heavy (non-hydrogen) atoms. The molecule has 0 aliphatic rings. The van der Waals surface area contributed by atoms with Crippen LogP contribution in [0.25, 0.3) is 0 Å². The van der Waals surface area contributed by atoms with Gasteiger partial charge in [-0.15, -0.1) is 0 Å². The van der Waals surface area contributed by atoms with E-state index < -0.39 is 0 Å². The summed E-state index contributed by atoms with van der Waals surface area (Å²) in [4.78, 5) is 15.1. The average molecular weight is 192 g/mol. The third-order valence-corrected chi connectivity index (χ3v) is 1.40. The van der Waals surface area contributed by atoms with E-state index >= 15 is 0 Å². The van der Waals surface area contributed by atoms with Gasteiger partial charge in [-0.3, -0.25) is 9.78 Å².